The van der Waals surface area contributed by atoms with E-state index in [1.54, 1.807) is 30.0 Å². The molecular formula is C24H26FN3O3. The summed E-state index contributed by atoms with van der Waals surface area (Å²) >= 11 is 0. The van der Waals surface area contributed by atoms with Crippen LogP contribution in [-0.4, -0.2) is 46.0 Å². The Balaban J connectivity index is 1.52. The zero-order chi connectivity index (χ0) is 21.8. The lowest BCUT2D eigenvalue weighted by atomic mass is 9.97. The summed E-state index contributed by atoms with van der Waals surface area (Å²) in [6, 6.07) is 14.2. The maximum atomic E-state index is 14.2. The second-order valence-corrected chi connectivity index (χ2v) is 7.78. The molecule has 7 heteroatoms. The van der Waals surface area contributed by atoms with Crippen LogP contribution >= 0.6 is 0 Å². The number of likely N-dealkylation sites (tertiary alicyclic amines) is 1. The minimum absolute atomic E-state index is 0.0276. The lowest BCUT2D eigenvalue weighted by molar-refractivity contribution is -0.151. The van der Waals surface area contributed by atoms with Crippen LogP contribution in [-0.2, 0) is 27.3 Å². The predicted octanol–water partition coefficient (Wildman–Crippen LogP) is 3.57. The fourth-order valence-electron chi connectivity index (χ4n) is 4.11. The van der Waals surface area contributed by atoms with E-state index in [1.807, 2.05) is 28.8 Å². The van der Waals surface area contributed by atoms with Crippen molar-refractivity contribution in [1.82, 2.24) is 14.5 Å². The Morgan fingerprint density at radius 3 is 2.55 bits per heavy atom. The van der Waals surface area contributed by atoms with E-state index in [9.17, 15) is 14.0 Å². The summed E-state index contributed by atoms with van der Waals surface area (Å²) in [5.41, 5.74) is 2.17. The monoisotopic (exact) mass is 423 g/mol. The number of esters is 1. The second-order valence-electron chi connectivity index (χ2n) is 7.78. The lowest BCUT2D eigenvalue weighted by Crippen LogP contribution is -2.42. The first-order chi connectivity index (χ1) is 15.1. The molecule has 162 valence electrons. The Morgan fingerprint density at radius 2 is 1.81 bits per heavy atom. The highest BCUT2D eigenvalue weighted by Crippen LogP contribution is 2.22. The van der Waals surface area contributed by atoms with Crippen molar-refractivity contribution in [3.63, 3.8) is 0 Å². The molecule has 0 spiro atoms. The summed E-state index contributed by atoms with van der Waals surface area (Å²) in [4.78, 5) is 31.5. The number of amides is 1. The van der Waals surface area contributed by atoms with Crippen LogP contribution in [0.25, 0.3) is 11.0 Å². The van der Waals surface area contributed by atoms with Crippen LogP contribution in [0.5, 0.6) is 0 Å². The predicted molar refractivity (Wildman–Crippen MR) is 115 cm³/mol. The average Bonchev–Trinajstić information content (AvgIpc) is 3.12. The molecule has 1 aromatic heterocycles. The van der Waals surface area contributed by atoms with E-state index in [0.717, 1.165) is 11.0 Å². The molecule has 1 amide bonds. The normalized spacial score (nSPS) is 14.7. The molecule has 0 atom stereocenters. The van der Waals surface area contributed by atoms with Crippen LogP contribution in [0.15, 0.2) is 48.5 Å². The van der Waals surface area contributed by atoms with Crippen LogP contribution in [0.3, 0.4) is 0 Å². The maximum absolute atomic E-state index is 14.2. The Hall–Kier alpha value is -3.22. The number of carbonyl (C=O) groups excluding carboxylic acids is 2. The molecule has 1 aliphatic rings. The molecule has 0 aliphatic carbocycles. The number of para-hydroxylation sites is 2. The number of aromatic nitrogens is 2. The van der Waals surface area contributed by atoms with Gasteiger partial charge in [0.15, 0.2) is 0 Å². The average molecular weight is 423 g/mol. The standard InChI is InChI=1S/C24H26FN3O3/c1-2-31-24(30)17-11-13-27(14-12-17)23(29)16-28-21-10-6-5-9-20(21)26-22(28)15-18-7-3-4-8-19(18)25/h3-10,17H,2,11-16H2,1H3. The van der Waals surface area contributed by atoms with Crippen molar-refractivity contribution in [2.24, 2.45) is 5.92 Å². The molecule has 0 unspecified atom stereocenters. The Labute approximate surface area is 180 Å². The highest BCUT2D eigenvalue weighted by atomic mass is 19.1. The van der Waals surface area contributed by atoms with Gasteiger partial charge in [-0.3, -0.25) is 9.59 Å². The number of hydrogen-bond acceptors (Lipinski definition) is 4. The molecule has 1 fully saturated rings. The van der Waals surface area contributed by atoms with Crippen molar-refractivity contribution < 1.29 is 18.7 Å². The smallest absolute Gasteiger partial charge is 0.309 e. The van der Waals surface area contributed by atoms with E-state index in [0.29, 0.717) is 50.3 Å². The number of nitrogens with zero attached hydrogens (tertiary/aromatic N) is 3. The summed E-state index contributed by atoms with van der Waals surface area (Å²) in [6.07, 6.45) is 1.52. The van der Waals surface area contributed by atoms with Crippen LogP contribution in [0.4, 0.5) is 4.39 Å². The molecule has 6 nitrogen and oxygen atoms in total. The number of fused-ring (bicyclic) bond motifs is 1. The SMILES string of the molecule is CCOC(=O)C1CCN(C(=O)Cn2c(Cc3ccccc3F)nc3ccccc32)CC1. The Morgan fingerprint density at radius 1 is 1.10 bits per heavy atom. The highest BCUT2D eigenvalue weighted by molar-refractivity contribution is 5.81. The number of ether oxygens (including phenoxy) is 1. The van der Waals surface area contributed by atoms with Gasteiger partial charge in [-0.05, 0) is 43.5 Å². The number of rotatable bonds is 6. The van der Waals surface area contributed by atoms with Gasteiger partial charge in [-0.25, -0.2) is 9.37 Å². The zero-order valence-corrected chi connectivity index (χ0v) is 17.6. The van der Waals surface area contributed by atoms with E-state index in [-0.39, 0.29) is 30.2 Å². The molecule has 0 saturated carbocycles. The molecule has 31 heavy (non-hydrogen) atoms. The van der Waals surface area contributed by atoms with Crippen molar-refractivity contribution in [2.75, 3.05) is 19.7 Å². The van der Waals surface area contributed by atoms with Crippen molar-refractivity contribution >= 4 is 22.9 Å². The fourth-order valence-corrected chi connectivity index (χ4v) is 4.11. The van der Waals surface area contributed by atoms with Gasteiger partial charge in [0.25, 0.3) is 0 Å². The van der Waals surface area contributed by atoms with Crippen LogP contribution in [0.1, 0.15) is 31.2 Å². The van der Waals surface area contributed by atoms with E-state index in [2.05, 4.69) is 4.98 Å². The zero-order valence-electron chi connectivity index (χ0n) is 17.6. The van der Waals surface area contributed by atoms with Gasteiger partial charge < -0.3 is 14.2 Å². The van der Waals surface area contributed by atoms with Gasteiger partial charge in [0.1, 0.15) is 18.2 Å². The molecule has 0 N–H and O–H groups in total. The molecule has 2 aromatic carbocycles. The number of imidazole rings is 1. The summed E-state index contributed by atoms with van der Waals surface area (Å²) in [6.45, 7) is 3.35. The summed E-state index contributed by atoms with van der Waals surface area (Å²) < 4.78 is 21.2. The Bertz CT molecular complexity index is 1090. The lowest BCUT2D eigenvalue weighted by Gasteiger charge is -2.31. The minimum Gasteiger partial charge on any atom is -0.466 e. The third kappa shape index (κ3) is 4.60. The number of piperidine rings is 1. The van der Waals surface area contributed by atoms with Crippen molar-refractivity contribution in [3.05, 3.63) is 65.7 Å². The van der Waals surface area contributed by atoms with E-state index in [4.69, 9.17) is 4.74 Å². The van der Waals surface area contributed by atoms with Gasteiger partial charge in [-0.1, -0.05) is 30.3 Å². The maximum Gasteiger partial charge on any atom is 0.309 e. The Kier molecular flexibility index (Phi) is 6.30. The molecule has 1 aliphatic heterocycles. The van der Waals surface area contributed by atoms with Crippen molar-refractivity contribution in [3.8, 4) is 0 Å². The molecule has 0 bridgehead atoms. The molecule has 3 aromatic rings. The first-order valence-electron chi connectivity index (χ1n) is 10.7. The molecule has 2 heterocycles. The number of carbonyl (C=O) groups is 2. The van der Waals surface area contributed by atoms with Gasteiger partial charge in [0.05, 0.1) is 23.6 Å². The second kappa shape index (κ2) is 9.29. The van der Waals surface area contributed by atoms with Crippen LogP contribution in [0.2, 0.25) is 0 Å². The van der Waals surface area contributed by atoms with E-state index in [1.165, 1.54) is 6.07 Å². The largest absolute Gasteiger partial charge is 0.466 e. The molecule has 1 saturated heterocycles. The molecule has 0 radical (unpaired) electrons. The topological polar surface area (TPSA) is 64.4 Å². The highest BCUT2D eigenvalue weighted by Gasteiger charge is 2.28. The van der Waals surface area contributed by atoms with E-state index < -0.39 is 0 Å². The van der Waals surface area contributed by atoms with Crippen LogP contribution in [0, 0.1) is 11.7 Å². The number of benzene rings is 2. The third-order valence-electron chi connectivity index (χ3n) is 5.80. The van der Waals surface area contributed by atoms with Crippen molar-refractivity contribution in [2.45, 2.75) is 32.7 Å². The number of halogens is 1. The molecule has 4 rings (SSSR count). The number of hydrogen-bond donors (Lipinski definition) is 0. The first-order valence-corrected chi connectivity index (χ1v) is 10.7. The third-order valence-corrected chi connectivity index (χ3v) is 5.80. The molecular weight excluding hydrogens is 397 g/mol. The van der Waals surface area contributed by atoms with Crippen LogP contribution < -0.4 is 0 Å². The van der Waals surface area contributed by atoms with Gasteiger partial charge >= 0.3 is 5.97 Å². The quantitative estimate of drug-likeness (QED) is 0.569. The van der Waals surface area contributed by atoms with Gasteiger partial charge in [0.2, 0.25) is 5.91 Å². The fraction of sp³-hybridized carbons (Fsp3) is 0.375. The summed E-state index contributed by atoms with van der Waals surface area (Å²) in [5.74, 6) is 0.0202. The van der Waals surface area contributed by atoms with Gasteiger partial charge in [-0.2, -0.15) is 0 Å². The van der Waals surface area contributed by atoms with E-state index >= 15 is 0 Å². The minimum atomic E-state index is -0.284. The van der Waals surface area contributed by atoms with Crippen molar-refractivity contribution in [1.29, 1.82) is 0 Å². The van der Waals surface area contributed by atoms with Gasteiger partial charge in [-0.15, -0.1) is 0 Å². The summed E-state index contributed by atoms with van der Waals surface area (Å²) in [5, 5.41) is 0. The first kappa shape index (κ1) is 21.0. The summed E-state index contributed by atoms with van der Waals surface area (Å²) in [7, 11) is 0. The van der Waals surface area contributed by atoms with Gasteiger partial charge in [0, 0.05) is 19.5 Å².